The summed E-state index contributed by atoms with van der Waals surface area (Å²) in [5.74, 6) is -0.657. The Kier molecular flexibility index (Phi) is 5.16. The highest BCUT2D eigenvalue weighted by atomic mass is 32.2. The Hall–Kier alpha value is -2.68. The van der Waals surface area contributed by atoms with Crippen LogP contribution in [0, 0.1) is 0 Å². The second kappa shape index (κ2) is 7.62. The van der Waals surface area contributed by atoms with Gasteiger partial charge in [0.1, 0.15) is 0 Å². The third-order valence-electron chi connectivity index (χ3n) is 5.41. The number of carbonyl (C=O) groups is 2. The smallest absolute Gasteiger partial charge is 0.357 e. The molecule has 9 heteroatoms. The van der Waals surface area contributed by atoms with E-state index in [1.54, 1.807) is 17.8 Å². The van der Waals surface area contributed by atoms with Crippen molar-refractivity contribution in [1.29, 1.82) is 0 Å². The molecule has 0 unspecified atom stereocenters. The molecule has 0 bridgehead atoms. The number of aromatic nitrogens is 2. The van der Waals surface area contributed by atoms with E-state index in [0.29, 0.717) is 12.3 Å². The van der Waals surface area contributed by atoms with E-state index in [0.717, 1.165) is 24.2 Å². The van der Waals surface area contributed by atoms with Crippen LogP contribution >= 0.6 is 0 Å². The van der Waals surface area contributed by atoms with E-state index >= 15 is 0 Å². The SMILES string of the molecule is CN(C(=O)COC(=O)c1cc(C2CC2)nn1-c1ccccc1)[C@H]1CCS(=O)(=O)C1. The normalized spacial score (nSPS) is 20.4. The van der Waals surface area contributed by atoms with Gasteiger partial charge in [-0.05, 0) is 37.5 Å². The molecule has 2 aromatic rings. The molecule has 1 saturated heterocycles. The lowest BCUT2D eigenvalue weighted by Crippen LogP contribution is -2.40. The summed E-state index contributed by atoms with van der Waals surface area (Å²) in [4.78, 5) is 26.4. The molecule has 1 aromatic heterocycles. The minimum Gasteiger partial charge on any atom is -0.451 e. The van der Waals surface area contributed by atoms with Gasteiger partial charge in [-0.2, -0.15) is 5.10 Å². The first-order chi connectivity index (χ1) is 13.8. The number of carbonyl (C=O) groups excluding carboxylic acids is 2. The van der Waals surface area contributed by atoms with Crippen LogP contribution in [0.3, 0.4) is 0 Å². The van der Waals surface area contributed by atoms with Gasteiger partial charge in [-0.25, -0.2) is 17.9 Å². The maximum absolute atomic E-state index is 12.7. The Bertz CT molecular complexity index is 1030. The minimum atomic E-state index is -3.10. The maximum atomic E-state index is 12.7. The molecule has 154 valence electrons. The lowest BCUT2D eigenvalue weighted by atomic mass is 10.2. The van der Waals surface area contributed by atoms with Gasteiger partial charge in [0.15, 0.2) is 22.1 Å². The van der Waals surface area contributed by atoms with Crippen LogP contribution in [-0.2, 0) is 19.4 Å². The number of hydrogen-bond acceptors (Lipinski definition) is 6. The predicted octanol–water partition coefficient (Wildman–Crippen LogP) is 1.55. The van der Waals surface area contributed by atoms with Crippen LogP contribution in [0.25, 0.3) is 5.69 Å². The summed E-state index contributed by atoms with van der Waals surface area (Å²) in [6.07, 6.45) is 2.51. The second-order valence-electron chi connectivity index (χ2n) is 7.61. The zero-order valence-electron chi connectivity index (χ0n) is 16.2. The first-order valence-electron chi connectivity index (χ1n) is 9.62. The highest BCUT2D eigenvalue weighted by Gasteiger charge is 2.33. The number of hydrogen-bond donors (Lipinski definition) is 0. The van der Waals surface area contributed by atoms with Crippen molar-refractivity contribution < 1.29 is 22.7 Å². The van der Waals surface area contributed by atoms with Gasteiger partial charge < -0.3 is 9.64 Å². The highest BCUT2D eigenvalue weighted by molar-refractivity contribution is 7.91. The van der Waals surface area contributed by atoms with E-state index in [4.69, 9.17) is 4.74 Å². The molecular weight excluding hydrogens is 394 g/mol. The van der Waals surface area contributed by atoms with Crippen molar-refractivity contribution >= 4 is 21.7 Å². The standard InChI is InChI=1S/C20H23N3O5S/c1-22(16-9-10-29(26,27)13-16)19(24)12-28-20(25)18-11-17(14-7-8-14)21-23(18)15-5-3-2-4-6-15/h2-6,11,14,16H,7-10,12-13H2,1H3/t16-/m0/s1. The lowest BCUT2D eigenvalue weighted by Gasteiger charge is -2.23. The van der Waals surface area contributed by atoms with Crippen molar-refractivity contribution in [2.75, 3.05) is 25.2 Å². The van der Waals surface area contributed by atoms with Crippen LogP contribution in [-0.4, -0.2) is 66.2 Å². The van der Waals surface area contributed by atoms with Gasteiger partial charge >= 0.3 is 5.97 Å². The largest absolute Gasteiger partial charge is 0.451 e. The number of ether oxygens (including phenoxy) is 1. The van der Waals surface area contributed by atoms with E-state index in [9.17, 15) is 18.0 Å². The van der Waals surface area contributed by atoms with Crippen LogP contribution in [0.4, 0.5) is 0 Å². The third-order valence-corrected chi connectivity index (χ3v) is 7.16. The third kappa shape index (κ3) is 4.34. The zero-order chi connectivity index (χ0) is 20.6. The number of amides is 1. The topological polar surface area (TPSA) is 98.6 Å². The number of benzene rings is 1. The van der Waals surface area contributed by atoms with E-state index in [1.807, 2.05) is 30.3 Å². The van der Waals surface area contributed by atoms with E-state index in [-0.39, 0.29) is 23.2 Å². The number of esters is 1. The Morgan fingerprint density at radius 1 is 1.21 bits per heavy atom. The summed E-state index contributed by atoms with van der Waals surface area (Å²) >= 11 is 0. The molecule has 0 spiro atoms. The molecule has 29 heavy (non-hydrogen) atoms. The summed E-state index contributed by atoms with van der Waals surface area (Å²) in [6, 6.07) is 10.6. The van der Waals surface area contributed by atoms with Crippen LogP contribution in [0.5, 0.6) is 0 Å². The molecule has 2 aliphatic rings. The molecule has 1 aliphatic heterocycles. The fraction of sp³-hybridized carbons (Fsp3) is 0.450. The van der Waals surface area contributed by atoms with Crippen molar-refractivity contribution in [2.45, 2.75) is 31.2 Å². The molecule has 1 aromatic carbocycles. The van der Waals surface area contributed by atoms with E-state index in [2.05, 4.69) is 5.10 Å². The number of nitrogens with zero attached hydrogens (tertiary/aromatic N) is 3. The van der Waals surface area contributed by atoms with Crippen LogP contribution in [0.2, 0.25) is 0 Å². The Morgan fingerprint density at radius 3 is 2.55 bits per heavy atom. The number of rotatable bonds is 6. The molecule has 8 nitrogen and oxygen atoms in total. The number of likely N-dealkylation sites (N-methyl/N-ethyl adjacent to an activating group) is 1. The first kappa shape index (κ1) is 19.6. The molecule has 2 fully saturated rings. The van der Waals surface area contributed by atoms with Crippen molar-refractivity contribution in [3.8, 4) is 5.69 Å². The Labute approximate surface area is 169 Å². The highest BCUT2D eigenvalue weighted by Crippen LogP contribution is 2.39. The predicted molar refractivity (Wildman–Crippen MR) is 106 cm³/mol. The average Bonchev–Trinajstić information content (AvgIpc) is 3.36. The van der Waals surface area contributed by atoms with E-state index in [1.165, 1.54) is 4.90 Å². The zero-order valence-corrected chi connectivity index (χ0v) is 17.0. The molecule has 1 saturated carbocycles. The fourth-order valence-electron chi connectivity index (χ4n) is 3.48. The summed E-state index contributed by atoms with van der Waals surface area (Å²) in [6.45, 7) is -0.440. The molecule has 1 aliphatic carbocycles. The Morgan fingerprint density at radius 2 is 1.93 bits per heavy atom. The van der Waals surface area contributed by atoms with Crippen molar-refractivity contribution in [3.05, 3.63) is 47.8 Å². The number of sulfone groups is 1. The molecule has 2 heterocycles. The van der Waals surface area contributed by atoms with Gasteiger partial charge in [-0.1, -0.05) is 18.2 Å². The average molecular weight is 417 g/mol. The maximum Gasteiger partial charge on any atom is 0.357 e. The summed E-state index contributed by atoms with van der Waals surface area (Å²) in [7, 11) is -1.55. The monoisotopic (exact) mass is 417 g/mol. The quantitative estimate of drug-likeness (QED) is 0.662. The minimum absolute atomic E-state index is 0.0469. The van der Waals surface area contributed by atoms with Crippen LogP contribution in [0.15, 0.2) is 36.4 Å². The fourth-order valence-corrected chi connectivity index (χ4v) is 5.25. The first-order valence-corrected chi connectivity index (χ1v) is 11.4. The van der Waals surface area contributed by atoms with Gasteiger partial charge in [0, 0.05) is 19.0 Å². The van der Waals surface area contributed by atoms with Gasteiger partial charge in [0.2, 0.25) is 0 Å². The van der Waals surface area contributed by atoms with Gasteiger partial charge in [-0.15, -0.1) is 0 Å². The Balaban J connectivity index is 1.45. The van der Waals surface area contributed by atoms with E-state index < -0.39 is 28.3 Å². The molecule has 1 atom stereocenters. The lowest BCUT2D eigenvalue weighted by molar-refractivity contribution is -0.134. The van der Waals surface area contributed by atoms with Crippen LogP contribution in [0.1, 0.15) is 41.4 Å². The molecule has 0 N–H and O–H groups in total. The molecule has 4 rings (SSSR count). The van der Waals surface area contributed by atoms with Crippen molar-refractivity contribution in [1.82, 2.24) is 14.7 Å². The van der Waals surface area contributed by atoms with Crippen molar-refractivity contribution in [2.24, 2.45) is 0 Å². The number of para-hydroxylation sites is 1. The molecular formula is C20H23N3O5S. The molecule has 0 radical (unpaired) electrons. The second-order valence-corrected chi connectivity index (χ2v) is 9.84. The molecule has 1 amide bonds. The van der Waals surface area contributed by atoms with Crippen molar-refractivity contribution in [3.63, 3.8) is 0 Å². The van der Waals surface area contributed by atoms with Gasteiger partial charge in [0.05, 0.1) is 22.9 Å². The van der Waals surface area contributed by atoms with Crippen LogP contribution < -0.4 is 0 Å². The summed E-state index contributed by atoms with van der Waals surface area (Å²) in [5.41, 5.74) is 1.86. The van der Waals surface area contributed by atoms with Gasteiger partial charge in [-0.3, -0.25) is 4.79 Å². The summed E-state index contributed by atoms with van der Waals surface area (Å²) < 4.78 is 30.0. The van der Waals surface area contributed by atoms with Gasteiger partial charge in [0.25, 0.3) is 5.91 Å². The summed E-state index contributed by atoms with van der Waals surface area (Å²) in [5, 5.41) is 4.56.